The third-order valence-corrected chi connectivity index (χ3v) is 1.80. The first kappa shape index (κ1) is 10.3. The first-order chi connectivity index (χ1) is 6.76. The molecule has 0 aliphatic carbocycles. The highest BCUT2D eigenvalue weighted by Crippen LogP contribution is 2.04. The van der Waals surface area contributed by atoms with Gasteiger partial charge in [-0.2, -0.15) is 0 Å². The third-order valence-electron chi connectivity index (χ3n) is 1.80. The zero-order chi connectivity index (χ0) is 10.4. The number of methoxy groups -OCH3 is 1. The van der Waals surface area contributed by atoms with Crippen LogP contribution in [0.2, 0.25) is 0 Å². The van der Waals surface area contributed by atoms with Crippen LogP contribution in [0.25, 0.3) is 0 Å². The molecule has 0 atom stereocenters. The summed E-state index contributed by atoms with van der Waals surface area (Å²) in [5.74, 6) is 5.53. The summed E-state index contributed by atoms with van der Waals surface area (Å²) in [7, 11) is 1.39. The second-order valence-corrected chi connectivity index (χ2v) is 2.82. The summed E-state index contributed by atoms with van der Waals surface area (Å²) < 4.78 is 4.56. The maximum Gasteiger partial charge on any atom is 0.309 e. The molecule has 0 fully saturated rings. The minimum Gasteiger partial charge on any atom is -0.469 e. The van der Waals surface area contributed by atoms with Crippen molar-refractivity contribution in [3.8, 4) is 11.8 Å². The molecule has 72 valence electrons. The molecule has 0 saturated heterocycles. The molecule has 14 heavy (non-hydrogen) atoms. The van der Waals surface area contributed by atoms with Gasteiger partial charge in [0.15, 0.2) is 0 Å². The van der Waals surface area contributed by atoms with E-state index in [4.69, 9.17) is 0 Å². The minimum absolute atomic E-state index is 0.223. The standard InChI is InChI=1S/C12H12O2/c1-3-4-10-5-7-11(8-6-10)9-12(13)14-2/h5-8H,9H2,1-2H3. The fourth-order valence-corrected chi connectivity index (χ4v) is 1.09. The molecule has 2 heteroatoms. The van der Waals surface area contributed by atoms with Crippen LogP contribution in [0.4, 0.5) is 0 Å². The van der Waals surface area contributed by atoms with Gasteiger partial charge in [0.2, 0.25) is 0 Å². The Kier molecular flexibility index (Phi) is 3.75. The number of ether oxygens (including phenoxy) is 1. The van der Waals surface area contributed by atoms with Crippen molar-refractivity contribution in [3.05, 3.63) is 35.4 Å². The molecule has 0 amide bonds. The summed E-state index contributed by atoms with van der Waals surface area (Å²) in [5.41, 5.74) is 1.90. The average Bonchev–Trinajstić information content (AvgIpc) is 2.21. The van der Waals surface area contributed by atoms with Crippen LogP contribution in [-0.2, 0) is 16.0 Å². The fraction of sp³-hybridized carbons (Fsp3) is 0.250. The van der Waals surface area contributed by atoms with E-state index in [0.29, 0.717) is 6.42 Å². The molecule has 0 spiro atoms. The molecule has 0 bridgehead atoms. The van der Waals surface area contributed by atoms with E-state index in [1.54, 1.807) is 6.92 Å². The molecule has 2 nitrogen and oxygen atoms in total. The zero-order valence-electron chi connectivity index (χ0n) is 8.33. The molecule has 1 rings (SSSR count). The molecule has 0 radical (unpaired) electrons. The Hall–Kier alpha value is -1.75. The summed E-state index contributed by atoms with van der Waals surface area (Å²) in [5, 5.41) is 0. The Balaban J connectivity index is 2.72. The van der Waals surface area contributed by atoms with Gasteiger partial charge in [0.25, 0.3) is 0 Å². The van der Waals surface area contributed by atoms with Gasteiger partial charge in [-0.25, -0.2) is 0 Å². The summed E-state index contributed by atoms with van der Waals surface area (Å²) in [6.45, 7) is 1.79. The molecule has 0 aromatic heterocycles. The second-order valence-electron chi connectivity index (χ2n) is 2.82. The SMILES string of the molecule is CC#Cc1ccc(CC(=O)OC)cc1. The van der Waals surface area contributed by atoms with Gasteiger partial charge >= 0.3 is 5.97 Å². The molecule has 0 aliphatic heterocycles. The molecule has 0 aliphatic rings. The molecular formula is C12H12O2. The lowest BCUT2D eigenvalue weighted by Gasteiger charge is -1.99. The Morgan fingerprint density at radius 1 is 1.36 bits per heavy atom. The Bertz CT molecular complexity index is 366. The van der Waals surface area contributed by atoms with E-state index in [1.807, 2.05) is 24.3 Å². The van der Waals surface area contributed by atoms with Gasteiger partial charge < -0.3 is 4.74 Å². The predicted octanol–water partition coefficient (Wildman–Crippen LogP) is 1.77. The van der Waals surface area contributed by atoms with E-state index < -0.39 is 0 Å². The van der Waals surface area contributed by atoms with Crippen LogP contribution in [0.5, 0.6) is 0 Å². The van der Waals surface area contributed by atoms with Crippen LogP contribution in [0.1, 0.15) is 18.1 Å². The average molecular weight is 188 g/mol. The minimum atomic E-state index is -0.223. The van der Waals surface area contributed by atoms with E-state index in [2.05, 4.69) is 16.6 Å². The van der Waals surface area contributed by atoms with Crippen LogP contribution in [0, 0.1) is 11.8 Å². The van der Waals surface area contributed by atoms with Crippen LogP contribution in [-0.4, -0.2) is 13.1 Å². The van der Waals surface area contributed by atoms with E-state index >= 15 is 0 Å². The Morgan fingerprint density at radius 3 is 2.50 bits per heavy atom. The van der Waals surface area contributed by atoms with Crippen molar-refractivity contribution < 1.29 is 9.53 Å². The van der Waals surface area contributed by atoms with Crippen LogP contribution in [0.3, 0.4) is 0 Å². The van der Waals surface area contributed by atoms with Crippen molar-refractivity contribution in [2.75, 3.05) is 7.11 Å². The second kappa shape index (κ2) is 5.08. The van der Waals surface area contributed by atoms with Crippen molar-refractivity contribution in [1.29, 1.82) is 0 Å². The van der Waals surface area contributed by atoms with Crippen molar-refractivity contribution in [2.24, 2.45) is 0 Å². The number of hydrogen-bond acceptors (Lipinski definition) is 2. The molecular weight excluding hydrogens is 176 g/mol. The Morgan fingerprint density at radius 2 is 2.00 bits per heavy atom. The number of esters is 1. The van der Waals surface area contributed by atoms with E-state index in [0.717, 1.165) is 11.1 Å². The maximum absolute atomic E-state index is 10.9. The van der Waals surface area contributed by atoms with Crippen molar-refractivity contribution >= 4 is 5.97 Å². The highest BCUT2D eigenvalue weighted by Gasteiger charge is 2.01. The zero-order valence-corrected chi connectivity index (χ0v) is 8.33. The monoisotopic (exact) mass is 188 g/mol. The molecule has 0 unspecified atom stereocenters. The van der Waals surface area contributed by atoms with E-state index in [9.17, 15) is 4.79 Å². The smallest absolute Gasteiger partial charge is 0.309 e. The van der Waals surface area contributed by atoms with E-state index in [-0.39, 0.29) is 5.97 Å². The molecule has 0 saturated carbocycles. The van der Waals surface area contributed by atoms with Crippen LogP contribution >= 0.6 is 0 Å². The lowest BCUT2D eigenvalue weighted by Crippen LogP contribution is -2.04. The lowest BCUT2D eigenvalue weighted by atomic mass is 10.1. The summed E-state index contributed by atoms with van der Waals surface area (Å²) in [4.78, 5) is 10.9. The summed E-state index contributed by atoms with van der Waals surface area (Å²) in [6.07, 6.45) is 0.316. The van der Waals surface area contributed by atoms with Gasteiger partial charge in [0.1, 0.15) is 0 Å². The molecule has 1 aromatic carbocycles. The molecule has 0 N–H and O–H groups in total. The van der Waals surface area contributed by atoms with Crippen molar-refractivity contribution in [1.82, 2.24) is 0 Å². The van der Waals surface area contributed by atoms with Crippen LogP contribution < -0.4 is 0 Å². The topological polar surface area (TPSA) is 26.3 Å². The Labute approximate surface area is 83.9 Å². The largest absolute Gasteiger partial charge is 0.469 e. The molecule has 0 heterocycles. The van der Waals surface area contributed by atoms with Gasteiger partial charge in [-0.3, -0.25) is 4.79 Å². The van der Waals surface area contributed by atoms with Gasteiger partial charge in [0, 0.05) is 5.56 Å². The number of carbonyl (C=O) groups is 1. The first-order valence-corrected chi connectivity index (χ1v) is 4.34. The summed E-state index contributed by atoms with van der Waals surface area (Å²) in [6, 6.07) is 7.57. The van der Waals surface area contributed by atoms with Gasteiger partial charge in [0.05, 0.1) is 13.5 Å². The quantitative estimate of drug-likeness (QED) is 0.522. The maximum atomic E-state index is 10.9. The fourth-order valence-electron chi connectivity index (χ4n) is 1.09. The first-order valence-electron chi connectivity index (χ1n) is 4.34. The van der Waals surface area contributed by atoms with E-state index in [1.165, 1.54) is 7.11 Å². The highest BCUT2D eigenvalue weighted by atomic mass is 16.5. The third kappa shape index (κ3) is 2.95. The van der Waals surface area contributed by atoms with Crippen molar-refractivity contribution in [3.63, 3.8) is 0 Å². The number of rotatable bonds is 2. The van der Waals surface area contributed by atoms with Gasteiger partial charge in [-0.15, -0.1) is 5.92 Å². The number of carbonyl (C=O) groups excluding carboxylic acids is 1. The number of benzene rings is 1. The van der Waals surface area contributed by atoms with Crippen LogP contribution in [0.15, 0.2) is 24.3 Å². The summed E-state index contributed by atoms with van der Waals surface area (Å²) >= 11 is 0. The number of hydrogen-bond donors (Lipinski definition) is 0. The normalized spacial score (nSPS) is 8.71. The molecule has 1 aromatic rings. The van der Waals surface area contributed by atoms with Crippen molar-refractivity contribution in [2.45, 2.75) is 13.3 Å². The van der Waals surface area contributed by atoms with Gasteiger partial charge in [-0.1, -0.05) is 18.1 Å². The lowest BCUT2D eigenvalue weighted by molar-refractivity contribution is -0.139. The van der Waals surface area contributed by atoms with Gasteiger partial charge in [-0.05, 0) is 24.6 Å². The highest BCUT2D eigenvalue weighted by molar-refractivity contribution is 5.72. The predicted molar refractivity (Wildman–Crippen MR) is 54.7 cm³/mol.